The van der Waals surface area contributed by atoms with Crippen LogP contribution in [-0.4, -0.2) is 19.6 Å². The molecule has 6 heteroatoms. The van der Waals surface area contributed by atoms with Crippen LogP contribution < -0.4 is 0 Å². The Morgan fingerprint density at radius 1 is 0.635 bits per heavy atom. The van der Waals surface area contributed by atoms with Crippen molar-refractivity contribution in [2.24, 2.45) is 0 Å². The number of rotatable bonds is 5. The molecule has 0 aliphatic rings. The third-order valence-corrected chi connectivity index (χ3v) is 10.6. The second-order valence-corrected chi connectivity index (χ2v) is 16.3. The molecule has 5 aromatic carbocycles. The predicted molar refractivity (Wildman–Crippen MR) is 213 cm³/mol. The fourth-order valence-corrected chi connectivity index (χ4v) is 7.61. The molecule has 3 heterocycles. The number of nitrogens with zero attached hydrogens (tertiary/aromatic N) is 3. The van der Waals surface area contributed by atoms with Gasteiger partial charge in [0, 0.05) is 43.7 Å². The van der Waals surface area contributed by atoms with E-state index < -0.39 is 0 Å². The molecule has 0 amide bonds. The van der Waals surface area contributed by atoms with Gasteiger partial charge in [-0.15, -0.1) is 11.5 Å². The summed E-state index contributed by atoms with van der Waals surface area (Å²) in [6, 6.07) is 45.8. The summed E-state index contributed by atoms with van der Waals surface area (Å²) in [5.74, 6) is 1.05. The molecule has 0 aliphatic carbocycles. The molecule has 0 fully saturated rings. The number of hydrogen-bond donors (Lipinski definition) is 1. The summed E-state index contributed by atoms with van der Waals surface area (Å²) < 4.78 is 2.22. The average molecular weight is 878 g/mol. The van der Waals surface area contributed by atoms with Crippen LogP contribution in [0.5, 0.6) is 5.75 Å². The zero-order valence-electron chi connectivity index (χ0n) is 30.1. The van der Waals surface area contributed by atoms with Crippen molar-refractivity contribution in [3.8, 4) is 33.8 Å². The van der Waals surface area contributed by atoms with Gasteiger partial charge in [-0.25, -0.2) is 9.97 Å². The third-order valence-electron chi connectivity index (χ3n) is 9.69. The molecule has 0 atom stereocenters. The summed E-state index contributed by atoms with van der Waals surface area (Å²) in [5, 5.41) is 15.8. The Bertz CT molecular complexity index is 2580. The molecule has 0 aliphatic heterocycles. The first kappa shape index (κ1) is 35.7. The van der Waals surface area contributed by atoms with Crippen LogP contribution >= 0.6 is 11.8 Å². The van der Waals surface area contributed by atoms with Crippen molar-refractivity contribution < 1.29 is 26.2 Å². The Morgan fingerprint density at radius 3 is 2.04 bits per heavy atom. The largest absolute Gasteiger partial charge is 0.505 e. The standard InChI is InChI=1S/C46H40N3OS.Pt/c1-45(2,3)31-18-16-30(17-19-31)37-28-38(29-12-8-7-9-13-29)44(50)43-36(37)22-23-42(48-43)51-33-20-21-35-34-14-10-11-15-39(34)49(40(35)27-33)41-26-32(24-25-47-41)46(4,5)6;/h7-26,28,50H,1-6H3;/q-1;. The van der Waals surface area contributed by atoms with Gasteiger partial charge in [0.25, 0.3) is 0 Å². The van der Waals surface area contributed by atoms with Gasteiger partial charge >= 0.3 is 0 Å². The average Bonchev–Trinajstić information content (AvgIpc) is 3.45. The summed E-state index contributed by atoms with van der Waals surface area (Å²) in [6.07, 6.45) is 1.90. The smallest absolute Gasteiger partial charge is 0.149 e. The molecule has 0 radical (unpaired) electrons. The number of aromatic nitrogens is 3. The number of para-hydroxylation sites is 1. The van der Waals surface area contributed by atoms with Gasteiger partial charge in [0.2, 0.25) is 0 Å². The number of hydrogen-bond acceptors (Lipinski definition) is 4. The Balaban J connectivity index is 0.00000420. The quantitative estimate of drug-likeness (QED) is 0.175. The molecule has 262 valence electrons. The van der Waals surface area contributed by atoms with Crippen LogP contribution in [-0.2, 0) is 31.9 Å². The second kappa shape index (κ2) is 13.7. The maximum absolute atomic E-state index is 11.8. The third kappa shape index (κ3) is 6.57. The Morgan fingerprint density at radius 2 is 1.31 bits per heavy atom. The van der Waals surface area contributed by atoms with E-state index in [-0.39, 0.29) is 37.6 Å². The molecule has 52 heavy (non-hydrogen) atoms. The molecular formula is C46H40N3OPtS-. The van der Waals surface area contributed by atoms with Gasteiger partial charge in [0.05, 0.1) is 5.03 Å². The number of phenolic OH excluding ortho intramolecular Hbond substituents is 1. The number of benzene rings is 5. The first-order chi connectivity index (χ1) is 24.5. The van der Waals surface area contributed by atoms with E-state index in [9.17, 15) is 5.11 Å². The van der Waals surface area contributed by atoms with E-state index in [1.807, 2.05) is 42.6 Å². The zero-order valence-corrected chi connectivity index (χ0v) is 33.2. The summed E-state index contributed by atoms with van der Waals surface area (Å²) in [7, 11) is 0. The molecule has 0 saturated heterocycles. The van der Waals surface area contributed by atoms with E-state index >= 15 is 0 Å². The molecular weight excluding hydrogens is 838 g/mol. The van der Waals surface area contributed by atoms with Gasteiger partial charge in [-0.05, 0) is 80.4 Å². The van der Waals surface area contributed by atoms with E-state index in [2.05, 4.69) is 137 Å². The first-order valence-corrected chi connectivity index (χ1v) is 18.2. The van der Waals surface area contributed by atoms with E-state index in [0.29, 0.717) is 5.52 Å². The second-order valence-electron chi connectivity index (χ2n) is 15.3. The first-order valence-electron chi connectivity index (χ1n) is 17.4. The Labute approximate surface area is 324 Å². The van der Waals surface area contributed by atoms with Crippen LogP contribution in [0.1, 0.15) is 52.7 Å². The van der Waals surface area contributed by atoms with Crippen molar-refractivity contribution in [2.75, 3.05) is 0 Å². The van der Waals surface area contributed by atoms with E-state index in [0.717, 1.165) is 65.2 Å². The molecule has 4 nitrogen and oxygen atoms in total. The van der Waals surface area contributed by atoms with E-state index in [4.69, 9.17) is 9.97 Å². The minimum Gasteiger partial charge on any atom is -0.505 e. The van der Waals surface area contributed by atoms with Crippen molar-refractivity contribution in [1.82, 2.24) is 14.5 Å². The maximum atomic E-state index is 11.8. The topological polar surface area (TPSA) is 50.9 Å². The van der Waals surface area contributed by atoms with Crippen LogP contribution in [0, 0.1) is 6.07 Å². The van der Waals surface area contributed by atoms with Crippen molar-refractivity contribution >= 4 is 44.5 Å². The minimum atomic E-state index is -0.00932. The van der Waals surface area contributed by atoms with E-state index in [1.54, 1.807) is 11.8 Å². The molecule has 0 bridgehead atoms. The summed E-state index contributed by atoms with van der Waals surface area (Å²) in [5.41, 5.74) is 9.01. The summed E-state index contributed by atoms with van der Waals surface area (Å²) >= 11 is 1.54. The number of aromatic hydroxyl groups is 1. The normalized spacial score (nSPS) is 12.0. The van der Waals surface area contributed by atoms with Crippen LogP contribution in [0.25, 0.3) is 60.8 Å². The van der Waals surface area contributed by atoms with Crippen molar-refractivity contribution in [3.63, 3.8) is 0 Å². The molecule has 8 aromatic rings. The monoisotopic (exact) mass is 877 g/mol. The van der Waals surface area contributed by atoms with Crippen LogP contribution in [0.15, 0.2) is 137 Å². The SMILES string of the molecule is CC(C)(C)c1ccc(-c2cc(-c3ccccc3)c(O)c3nc(Sc4[c-]c5c(cc4)c4ccccc4n5-c4cc(C(C)(C)C)ccn4)ccc23)cc1.[Pt]. The summed E-state index contributed by atoms with van der Waals surface area (Å²) in [4.78, 5) is 10.9. The number of pyridine rings is 2. The van der Waals surface area contributed by atoms with Gasteiger partial charge in [0.15, 0.2) is 0 Å². The van der Waals surface area contributed by atoms with Gasteiger partial charge in [-0.2, -0.15) is 12.1 Å². The fourth-order valence-electron chi connectivity index (χ4n) is 6.83. The number of fused-ring (bicyclic) bond motifs is 4. The summed E-state index contributed by atoms with van der Waals surface area (Å²) in [6.45, 7) is 13.4. The Kier molecular flexibility index (Phi) is 9.40. The van der Waals surface area contributed by atoms with Gasteiger partial charge in [-0.1, -0.05) is 137 Å². The van der Waals surface area contributed by atoms with E-state index in [1.165, 1.54) is 11.1 Å². The zero-order chi connectivity index (χ0) is 35.5. The molecule has 8 rings (SSSR count). The molecule has 1 N–H and O–H groups in total. The van der Waals surface area contributed by atoms with Crippen LogP contribution in [0.2, 0.25) is 0 Å². The minimum absolute atomic E-state index is 0. The molecule has 3 aromatic heterocycles. The van der Waals surface area contributed by atoms with Gasteiger partial charge < -0.3 is 9.67 Å². The van der Waals surface area contributed by atoms with Crippen molar-refractivity contribution in [2.45, 2.75) is 62.3 Å². The molecule has 0 spiro atoms. The van der Waals surface area contributed by atoms with Crippen molar-refractivity contribution in [3.05, 3.63) is 145 Å². The fraction of sp³-hybridized carbons (Fsp3) is 0.174. The molecule has 0 saturated carbocycles. The molecule has 0 unspecified atom stereocenters. The Hall–Kier alpha value is -4.70. The number of phenols is 1. The van der Waals surface area contributed by atoms with Crippen LogP contribution in [0.4, 0.5) is 0 Å². The predicted octanol–water partition coefficient (Wildman–Crippen LogP) is 12.3. The maximum Gasteiger partial charge on any atom is 0.149 e. The van der Waals surface area contributed by atoms with Crippen LogP contribution in [0.3, 0.4) is 0 Å². The van der Waals surface area contributed by atoms with Crippen molar-refractivity contribution in [1.29, 1.82) is 0 Å². The van der Waals surface area contributed by atoms with Gasteiger partial charge in [0.1, 0.15) is 17.1 Å². The van der Waals surface area contributed by atoms with Gasteiger partial charge in [-0.3, -0.25) is 0 Å².